The molecule has 82 heavy (non-hydrogen) atoms. The van der Waals surface area contributed by atoms with Crippen molar-refractivity contribution in [3.05, 3.63) is 98.8 Å². The van der Waals surface area contributed by atoms with Crippen LogP contribution in [0.2, 0.25) is 0 Å². The number of oxime groups is 1. The summed E-state index contributed by atoms with van der Waals surface area (Å²) in [6.45, 7) is 0.800. The summed E-state index contributed by atoms with van der Waals surface area (Å²) in [6.07, 6.45) is -4.61. The van der Waals surface area contributed by atoms with Crippen LogP contribution >= 0.6 is 0 Å². The first-order valence-electron chi connectivity index (χ1n) is 25.5. The normalized spacial score (nSPS) is 20.1. The molecule has 2 aromatic heterocycles. The molecule has 0 spiro atoms. The molecule has 6 amide bonds. The number of para-hydroxylation sites is 1. The van der Waals surface area contributed by atoms with Gasteiger partial charge in [-0.3, -0.25) is 43.3 Å². The molecule has 27 nitrogen and oxygen atoms in total. The predicted octanol–water partition coefficient (Wildman–Crippen LogP) is -0.810. The van der Waals surface area contributed by atoms with E-state index in [4.69, 9.17) is 35.9 Å². The molecule has 5 atom stereocenters. The first-order chi connectivity index (χ1) is 38.9. The second-order valence-corrected chi connectivity index (χ2v) is 18.8. The zero-order valence-electron chi connectivity index (χ0n) is 43.9. The van der Waals surface area contributed by atoms with E-state index in [0.717, 1.165) is 5.39 Å². The fourth-order valence-electron chi connectivity index (χ4n) is 8.98. The van der Waals surface area contributed by atoms with Crippen molar-refractivity contribution in [2.24, 2.45) is 21.6 Å². The number of pyridine rings is 2. The molecule has 0 saturated carbocycles. The van der Waals surface area contributed by atoms with Gasteiger partial charge in [0, 0.05) is 41.5 Å². The number of esters is 1. The van der Waals surface area contributed by atoms with E-state index in [1.54, 1.807) is 49.4 Å². The number of amides is 6. The number of benzene rings is 2. The Kier molecular flexibility index (Phi) is 20.8. The third-order valence-corrected chi connectivity index (χ3v) is 13.1. The van der Waals surface area contributed by atoms with Gasteiger partial charge in [0.1, 0.15) is 37.4 Å². The molecule has 1 saturated heterocycles. The minimum atomic E-state index is -5.08. The van der Waals surface area contributed by atoms with E-state index in [2.05, 4.69) is 42.0 Å². The van der Waals surface area contributed by atoms with Crippen LogP contribution in [0.5, 0.6) is 0 Å². The van der Waals surface area contributed by atoms with Crippen LogP contribution in [0.15, 0.2) is 75.6 Å². The zero-order valence-corrected chi connectivity index (χ0v) is 43.9. The van der Waals surface area contributed by atoms with Crippen LogP contribution in [0.25, 0.3) is 22.3 Å². The Morgan fingerprint density at radius 1 is 0.878 bits per heavy atom. The third-order valence-electron chi connectivity index (χ3n) is 13.1. The van der Waals surface area contributed by atoms with Crippen LogP contribution in [-0.2, 0) is 77.9 Å². The number of carboxylic acid groups (broad SMARTS) is 2. The van der Waals surface area contributed by atoms with Crippen molar-refractivity contribution < 1.29 is 81.2 Å². The first-order valence-corrected chi connectivity index (χ1v) is 25.5. The number of aliphatic imine (C=N–C) groups is 1. The number of nitrogens with two attached hydrogens (primary N) is 2. The number of aliphatic hydroxyl groups is 1. The smallest absolute Gasteiger partial charge is 0.481 e. The lowest BCUT2D eigenvalue weighted by Gasteiger charge is -2.31. The van der Waals surface area contributed by atoms with E-state index in [9.17, 15) is 66.5 Å². The number of halogens is 3. The van der Waals surface area contributed by atoms with E-state index in [1.807, 2.05) is 18.2 Å². The number of hydrogen-bond acceptors (Lipinski definition) is 16. The van der Waals surface area contributed by atoms with Gasteiger partial charge in [-0.25, -0.2) is 14.6 Å². The van der Waals surface area contributed by atoms with Gasteiger partial charge >= 0.3 is 24.1 Å². The van der Waals surface area contributed by atoms with Crippen LogP contribution in [-0.4, -0.2) is 147 Å². The predicted molar refractivity (Wildman–Crippen MR) is 282 cm³/mol. The SMILES string of the molecule is CC[C@@]1(O)C(=O)OCc2c1cc1n(c2=O)Cc2c-1nc1ccccc1c2C=NOCCNC(=O)CCCC1NC(=O)C(CCCN=C(N)N)NC(=O)CNC(=O)C(CC(=O)O)NC(=O)C(Cc2ccccc2)NC1=O.O=C(O)C(F)(F)F. The molecular formula is C52H59F3N12O15. The third kappa shape index (κ3) is 15.9. The lowest BCUT2D eigenvalue weighted by molar-refractivity contribution is -0.192. The van der Waals surface area contributed by atoms with Crippen LogP contribution in [0.1, 0.15) is 79.7 Å². The Balaban J connectivity index is 0.00000145. The molecule has 13 N–H and O–H groups in total. The maximum atomic E-state index is 14.1. The maximum absolute atomic E-state index is 14.1. The van der Waals surface area contributed by atoms with E-state index in [-0.39, 0.29) is 94.9 Å². The topological polar surface area (TPSA) is 417 Å². The number of guanidine groups is 1. The average Bonchev–Trinajstić information content (AvgIpc) is 3.40. The molecule has 4 unspecified atom stereocenters. The minimum Gasteiger partial charge on any atom is -0.481 e. The van der Waals surface area contributed by atoms with Crippen molar-refractivity contribution in [2.45, 2.75) is 107 Å². The molecule has 1 fully saturated rings. The number of aliphatic carboxylic acids is 2. The first kappa shape index (κ1) is 61.7. The molecule has 3 aliphatic heterocycles. The summed E-state index contributed by atoms with van der Waals surface area (Å²) in [4.78, 5) is 143. The van der Waals surface area contributed by atoms with Gasteiger partial charge in [-0.2, -0.15) is 13.2 Å². The lowest BCUT2D eigenvalue weighted by Crippen LogP contribution is -2.58. The Hall–Kier alpha value is -9.48. The monoisotopic (exact) mass is 1150 g/mol. The number of hydrogen-bond donors (Lipinski definition) is 11. The second-order valence-electron chi connectivity index (χ2n) is 18.8. The molecule has 7 rings (SSSR count). The van der Waals surface area contributed by atoms with E-state index in [0.29, 0.717) is 33.6 Å². The number of alkyl halides is 3. The number of nitrogens with one attached hydrogen (secondary N) is 6. The molecule has 438 valence electrons. The van der Waals surface area contributed by atoms with Crippen molar-refractivity contribution in [3.63, 3.8) is 0 Å². The van der Waals surface area contributed by atoms with Crippen molar-refractivity contribution >= 4 is 76.4 Å². The molecule has 2 aromatic carbocycles. The zero-order chi connectivity index (χ0) is 59.9. The van der Waals surface area contributed by atoms with E-state index >= 15 is 0 Å². The van der Waals surface area contributed by atoms with Gasteiger partial charge in [0.25, 0.3) is 5.56 Å². The standard InChI is InChI=1S/C50H58N12O13.C2HF3O2/c1-2-50(73)32-21-38-42-30(25-62(38)47(71)31(32)26-74-48(50)72)29(28-12-6-7-13-33(28)58-42)23-56-75-19-18-53-39(63)16-8-14-35-45(69)60-36(20-27-10-4-3-5-11-27)46(70)61-37(22-41(65)66)43(67)55-24-40(64)57-34(44(68)59-35)15-9-17-54-49(51)52;3-2(4,5)1(6)7/h3-7,10-13,21,23,34-37,73H,2,8-9,14-20,22,24-26H2,1H3,(H,53,63)(H,55,67)(H,57,64)(H,59,68)(H,60,69)(H,61,70)(H,65,66)(H4,51,52,54);(H,6,7)/t34?,35?,36?,37?,50-;/m0./s1. The summed E-state index contributed by atoms with van der Waals surface area (Å²) in [5.41, 5.74) is 12.2. The Bertz CT molecular complexity index is 3230. The number of aromatic nitrogens is 2. The van der Waals surface area contributed by atoms with Gasteiger partial charge < -0.3 is 72.8 Å². The molecule has 3 aliphatic rings. The number of carbonyl (C=O) groups excluding carboxylic acids is 7. The Labute approximate surface area is 463 Å². The number of rotatable bonds is 18. The molecule has 4 aromatic rings. The van der Waals surface area contributed by atoms with Crippen LogP contribution in [0.3, 0.4) is 0 Å². The van der Waals surface area contributed by atoms with Crippen molar-refractivity contribution in [1.29, 1.82) is 0 Å². The number of fused-ring (bicyclic) bond motifs is 5. The fraction of sp³-hybridized carbons (Fsp3) is 0.404. The largest absolute Gasteiger partial charge is 0.490 e. The number of carboxylic acids is 2. The minimum absolute atomic E-state index is 0.00689. The molecular weight excluding hydrogens is 1090 g/mol. The molecule has 5 heterocycles. The van der Waals surface area contributed by atoms with Crippen LogP contribution in [0.4, 0.5) is 13.2 Å². The van der Waals surface area contributed by atoms with Gasteiger partial charge in [-0.15, -0.1) is 0 Å². The summed E-state index contributed by atoms with van der Waals surface area (Å²) in [5.74, 6) is -10.1. The van der Waals surface area contributed by atoms with Crippen LogP contribution in [0, 0.1) is 0 Å². The number of ether oxygens (including phenoxy) is 1. The second kappa shape index (κ2) is 27.6. The molecule has 0 aliphatic carbocycles. The van der Waals surface area contributed by atoms with Crippen LogP contribution < -0.4 is 48.9 Å². The average molecular weight is 1150 g/mol. The van der Waals surface area contributed by atoms with Crippen molar-refractivity contribution in [3.8, 4) is 11.4 Å². The van der Waals surface area contributed by atoms with Gasteiger partial charge in [-0.05, 0) is 49.8 Å². The van der Waals surface area contributed by atoms with Gasteiger partial charge in [0.15, 0.2) is 11.6 Å². The summed E-state index contributed by atoms with van der Waals surface area (Å²) >= 11 is 0. The molecule has 0 bridgehead atoms. The Morgan fingerprint density at radius 2 is 1.51 bits per heavy atom. The van der Waals surface area contributed by atoms with Gasteiger partial charge in [-0.1, -0.05) is 60.6 Å². The van der Waals surface area contributed by atoms with E-state index < -0.39 is 108 Å². The van der Waals surface area contributed by atoms with Gasteiger partial charge in [0.05, 0.1) is 54.7 Å². The summed E-state index contributed by atoms with van der Waals surface area (Å²) in [5, 5.41) is 48.1. The molecule has 30 heteroatoms. The number of nitrogens with zero attached hydrogens (tertiary/aromatic N) is 4. The summed E-state index contributed by atoms with van der Waals surface area (Å²) < 4.78 is 38.4. The van der Waals surface area contributed by atoms with Crippen molar-refractivity contribution in [2.75, 3.05) is 26.2 Å². The highest BCUT2D eigenvalue weighted by Crippen LogP contribution is 2.40. The summed E-state index contributed by atoms with van der Waals surface area (Å²) in [7, 11) is 0. The fourth-order valence-corrected chi connectivity index (χ4v) is 8.98. The molecule has 0 radical (unpaired) electrons. The maximum Gasteiger partial charge on any atom is 0.490 e. The summed E-state index contributed by atoms with van der Waals surface area (Å²) in [6, 6.07) is 11.7. The lowest BCUT2D eigenvalue weighted by atomic mass is 9.86. The highest BCUT2D eigenvalue weighted by molar-refractivity contribution is 6.03. The van der Waals surface area contributed by atoms with Gasteiger partial charge in [0.2, 0.25) is 35.4 Å². The highest BCUT2D eigenvalue weighted by atomic mass is 19.4. The number of cyclic esters (lactones) is 1. The van der Waals surface area contributed by atoms with Crippen molar-refractivity contribution in [1.82, 2.24) is 41.5 Å². The Morgan fingerprint density at radius 3 is 2.18 bits per heavy atom. The number of carbonyl (C=O) groups is 9. The quantitative estimate of drug-likeness (QED) is 0.0168. The van der Waals surface area contributed by atoms with E-state index in [1.165, 1.54) is 10.8 Å². The highest BCUT2D eigenvalue weighted by Gasteiger charge is 2.46.